The first-order valence-electron chi connectivity index (χ1n) is 10.4. The summed E-state index contributed by atoms with van der Waals surface area (Å²) in [7, 11) is -1.69. The molecule has 0 bridgehead atoms. The van der Waals surface area contributed by atoms with Crippen molar-refractivity contribution in [3.05, 3.63) is 59.7 Å². The van der Waals surface area contributed by atoms with Crippen LogP contribution in [-0.4, -0.2) is 34.1 Å². The average Bonchev–Trinajstić information content (AvgIpc) is 2.70. The van der Waals surface area contributed by atoms with Gasteiger partial charge < -0.3 is 10.5 Å². The van der Waals surface area contributed by atoms with E-state index in [-0.39, 0.29) is 24.2 Å². The molecule has 0 saturated carbocycles. The van der Waals surface area contributed by atoms with Gasteiger partial charge in [-0.3, -0.25) is 9.52 Å². The van der Waals surface area contributed by atoms with Crippen molar-refractivity contribution in [1.82, 2.24) is 0 Å². The fourth-order valence-corrected chi connectivity index (χ4v) is 4.33. The molecule has 170 valence electrons. The lowest BCUT2D eigenvalue weighted by Gasteiger charge is -2.25. The number of carbonyl (C=O) groups excluding carboxylic acids is 1. The molecule has 6 nitrogen and oxygen atoms in total. The van der Waals surface area contributed by atoms with E-state index in [9.17, 15) is 13.2 Å². The van der Waals surface area contributed by atoms with Crippen LogP contribution in [0.3, 0.4) is 0 Å². The molecule has 0 spiro atoms. The predicted molar refractivity (Wildman–Crippen MR) is 131 cm³/mol. The monoisotopic (exact) mass is 454 g/mol. The van der Waals surface area contributed by atoms with Gasteiger partial charge in [0.05, 0.1) is 19.9 Å². The Kier molecular flexibility index (Phi) is 6.62. The summed E-state index contributed by atoms with van der Waals surface area (Å²) in [6, 6.07) is 15.4. The van der Waals surface area contributed by atoms with Gasteiger partial charge in [-0.2, -0.15) is 0 Å². The van der Waals surface area contributed by atoms with E-state index >= 15 is 0 Å². The summed E-state index contributed by atoms with van der Waals surface area (Å²) in [5.74, 6) is 0.751. The summed E-state index contributed by atoms with van der Waals surface area (Å²) in [5.41, 5.74) is 9.64. The van der Waals surface area contributed by atoms with Crippen molar-refractivity contribution in [1.29, 1.82) is 0 Å². The Labute approximate surface area is 189 Å². The molecule has 0 aliphatic rings. The van der Waals surface area contributed by atoms with Gasteiger partial charge in [0.25, 0.3) is 0 Å². The Bertz CT molecular complexity index is 1280. The van der Waals surface area contributed by atoms with Gasteiger partial charge in [-0.15, -0.1) is 0 Å². The fourth-order valence-electron chi connectivity index (χ4n) is 3.77. The molecule has 0 amide bonds. The summed E-state index contributed by atoms with van der Waals surface area (Å²) in [6.45, 7) is 6.34. The Morgan fingerprint density at radius 3 is 2.28 bits per heavy atom. The quantitative estimate of drug-likeness (QED) is 0.556. The third kappa shape index (κ3) is 5.47. The van der Waals surface area contributed by atoms with E-state index in [0.29, 0.717) is 5.69 Å². The van der Waals surface area contributed by atoms with Crippen molar-refractivity contribution in [2.45, 2.75) is 32.6 Å². The first kappa shape index (κ1) is 23.8. The van der Waals surface area contributed by atoms with Gasteiger partial charge >= 0.3 is 0 Å². The maximum atomic E-state index is 12.0. The fraction of sp³-hybridized carbons (Fsp3) is 0.320. The number of anilines is 1. The van der Waals surface area contributed by atoms with E-state index in [1.54, 1.807) is 19.2 Å². The zero-order valence-corrected chi connectivity index (χ0v) is 20.0. The highest BCUT2D eigenvalue weighted by molar-refractivity contribution is 7.92. The maximum Gasteiger partial charge on any atom is 0.229 e. The second-order valence-electron chi connectivity index (χ2n) is 9.04. The van der Waals surface area contributed by atoms with E-state index in [1.807, 2.05) is 36.4 Å². The minimum atomic E-state index is -3.34. The molecule has 0 unspecified atom stereocenters. The highest BCUT2D eigenvalue weighted by atomic mass is 32.2. The van der Waals surface area contributed by atoms with Gasteiger partial charge in [0, 0.05) is 23.2 Å². The molecule has 0 aliphatic heterocycles. The second kappa shape index (κ2) is 8.92. The molecule has 0 radical (unpaired) electrons. The lowest BCUT2D eigenvalue weighted by atomic mass is 9.82. The van der Waals surface area contributed by atoms with Crippen LogP contribution in [0.1, 0.15) is 31.9 Å². The van der Waals surface area contributed by atoms with Gasteiger partial charge in [-0.05, 0) is 51.6 Å². The Balaban J connectivity index is 2.16. The van der Waals surface area contributed by atoms with Crippen LogP contribution in [-0.2, 0) is 26.7 Å². The molecule has 0 aromatic heterocycles. The van der Waals surface area contributed by atoms with Crippen molar-refractivity contribution >= 4 is 32.3 Å². The number of hydrogen-bond acceptors (Lipinski definition) is 5. The molecule has 3 aromatic rings. The number of nitrogens with one attached hydrogen (secondary N) is 1. The van der Waals surface area contributed by atoms with Crippen LogP contribution >= 0.6 is 0 Å². The SMILES string of the molecule is COc1c(-c2ccc3cc(NS(C)(=O)=O)ccc3c2)cc(CC(=O)CN)cc1C(C)(C)C. The van der Waals surface area contributed by atoms with Crippen LogP contribution in [0.15, 0.2) is 48.5 Å². The second-order valence-corrected chi connectivity index (χ2v) is 10.8. The van der Waals surface area contributed by atoms with Crippen molar-refractivity contribution in [2.24, 2.45) is 5.73 Å². The third-order valence-corrected chi connectivity index (χ3v) is 5.85. The van der Waals surface area contributed by atoms with Crippen LogP contribution in [0.2, 0.25) is 0 Å². The molecule has 0 atom stereocenters. The van der Waals surface area contributed by atoms with Crippen LogP contribution in [0, 0.1) is 0 Å². The molecule has 0 heterocycles. The molecular formula is C25H30N2O4S. The molecule has 3 rings (SSSR count). The highest BCUT2D eigenvalue weighted by Gasteiger charge is 2.23. The Hall–Kier alpha value is -2.90. The van der Waals surface area contributed by atoms with E-state index in [1.165, 1.54) is 0 Å². The number of methoxy groups -OCH3 is 1. The summed E-state index contributed by atoms with van der Waals surface area (Å²) < 4.78 is 31.4. The van der Waals surface area contributed by atoms with Gasteiger partial charge in [-0.25, -0.2) is 8.42 Å². The zero-order chi connectivity index (χ0) is 23.7. The summed E-state index contributed by atoms with van der Waals surface area (Å²) in [5, 5.41) is 1.87. The first-order chi connectivity index (χ1) is 14.9. The lowest BCUT2D eigenvalue weighted by molar-refractivity contribution is -0.117. The average molecular weight is 455 g/mol. The number of benzene rings is 3. The Morgan fingerprint density at radius 2 is 1.69 bits per heavy atom. The number of fused-ring (bicyclic) bond motifs is 1. The molecular weight excluding hydrogens is 424 g/mol. The molecule has 3 aromatic carbocycles. The van der Waals surface area contributed by atoms with Crippen LogP contribution < -0.4 is 15.2 Å². The number of carbonyl (C=O) groups is 1. The summed E-state index contributed by atoms with van der Waals surface area (Å²) >= 11 is 0. The van der Waals surface area contributed by atoms with Crippen LogP contribution in [0.5, 0.6) is 5.75 Å². The van der Waals surface area contributed by atoms with Crippen molar-refractivity contribution in [3.63, 3.8) is 0 Å². The first-order valence-corrected chi connectivity index (χ1v) is 12.3. The van der Waals surface area contributed by atoms with E-state index in [2.05, 4.69) is 25.5 Å². The van der Waals surface area contributed by atoms with Gasteiger partial charge in [0.2, 0.25) is 10.0 Å². The minimum absolute atomic E-state index is 0.00599. The van der Waals surface area contributed by atoms with Crippen molar-refractivity contribution < 1.29 is 17.9 Å². The number of ether oxygens (including phenoxy) is 1. The van der Waals surface area contributed by atoms with E-state index in [0.717, 1.165) is 45.0 Å². The molecule has 3 N–H and O–H groups in total. The smallest absolute Gasteiger partial charge is 0.229 e. The van der Waals surface area contributed by atoms with Crippen LogP contribution in [0.25, 0.3) is 21.9 Å². The molecule has 32 heavy (non-hydrogen) atoms. The summed E-state index contributed by atoms with van der Waals surface area (Å²) in [6.07, 6.45) is 1.40. The van der Waals surface area contributed by atoms with Crippen molar-refractivity contribution in [3.8, 4) is 16.9 Å². The topological polar surface area (TPSA) is 98.5 Å². The summed E-state index contributed by atoms with van der Waals surface area (Å²) in [4.78, 5) is 12.0. The number of rotatable bonds is 7. The largest absolute Gasteiger partial charge is 0.496 e. The minimum Gasteiger partial charge on any atom is -0.496 e. The molecule has 7 heteroatoms. The van der Waals surface area contributed by atoms with Crippen LogP contribution in [0.4, 0.5) is 5.69 Å². The number of hydrogen-bond donors (Lipinski definition) is 2. The van der Waals surface area contributed by atoms with Gasteiger partial charge in [0.15, 0.2) is 5.78 Å². The number of nitrogens with two attached hydrogens (primary N) is 1. The standard InChI is InChI=1S/C25H30N2O4S/c1-25(2,3)23-12-16(10-21(28)15-26)11-22(24(23)31-4)19-7-6-18-14-20(27-32(5,29)30)9-8-17(18)13-19/h6-9,11-14,27H,10,15,26H2,1-5H3. The van der Waals surface area contributed by atoms with E-state index in [4.69, 9.17) is 10.5 Å². The van der Waals surface area contributed by atoms with Crippen molar-refractivity contribution in [2.75, 3.05) is 24.6 Å². The van der Waals surface area contributed by atoms with Gasteiger partial charge in [0.1, 0.15) is 5.75 Å². The normalized spacial score (nSPS) is 12.1. The zero-order valence-electron chi connectivity index (χ0n) is 19.2. The van der Waals surface area contributed by atoms with E-state index < -0.39 is 10.0 Å². The van der Waals surface area contributed by atoms with Gasteiger partial charge in [-0.1, -0.05) is 45.0 Å². The lowest BCUT2D eigenvalue weighted by Crippen LogP contribution is -2.18. The number of ketones is 1. The molecule has 0 aliphatic carbocycles. The molecule has 0 saturated heterocycles. The third-order valence-electron chi connectivity index (χ3n) is 5.24. The highest BCUT2D eigenvalue weighted by Crippen LogP contribution is 2.41. The number of Topliss-reactive ketones (excluding diaryl/α,β-unsaturated/α-hetero) is 1. The predicted octanol–water partition coefficient (Wildman–Crippen LogP) is 4.25. The Morgan fingerprint density at radius 1 is 1.03 bits per heavy atom. The molecule has 0 fully saturated rings. The number of sulfonamides is 1. The maximum absolute atomic E-state index is 12.0.